The van der Waals surface area contributed by atoms with Crippen LogP contribution in [0.2, 0.25) is 0 Å². The van der Waals surface area contributed by atoms with Crippen molar-refractivity contribution in [1.82, 2.24) is 0 Å². The van der Waals surface area contributed by atoms with Crippen LogP contribution in [0.1, 0.15) is 70.7 Å². The molecule has 0 bridgehead atoms. The van der Waals surface area contributed by atoms with E-state index >= 15 is 0 Å². The minimum Gasteiger partial charge on any atom is -0.497 e. The van der Waals surface area contributed by atoms with Gasteiger partial charge in [-0.1, -0.05) is 20.8 Å². The number of ether oxygens (including phenoxy) is 8. The van der Waals surface area contributed by atoms with Crippen molar-refractivity contribution in [2.75, 3.05) is 26.9 Å². The van der Waals surface area contributed by atoms with Crippen LogP contribution in [0.25, 0.3) is 0 Å². The highest BCUT2D eigenvalue weighted by atomic mass is 16.8. The molecular weight excluding hydrogens is 700 g/mol. The van der Waals surface area contributed by atoms with Crippen LogP contribution in [0.5, 0.6) is 5.75 Å². The standard InChI is InChI=1S/C37H54O16/c1-18(2)15-47-32(43)19(3)37(45)27(14-22-13-23(39)11-12-36(22,37)5)51-35-31(50-20(4)38)29(26(41)17-49-35)53-34-30(28(42)25(40)16-48-34)52-33(44)21-7-9-24(46-6)10-8-21/h7-10,18-19,22-23,25-31,34-35,39-42,45H,11-17H2,1-6H3/t19-,22+,23-,25+,26+,27-,28-,29+,30+,31-,34-,35+,36-,37+/m0/s1. The second-order valence-electron chi connectivity index (χ2n) is 15.3. The molecular formula is C37H54O16. The SMILES string of the molecule is COc1ccc(C(=O)O[C@H]2[C@H](O[C@H]3[C@H](OC(C)=O)[C@@H](O[C@H]4C[C@H]5C[C@@H](O)CC[C@]5(C)[C@@]4(O)[C@@H](C)C(=O)OCC(C)C)OC[C@H]3O)OC[C@@H](O)[C@@H]2O)cc1. The molecule has 2 aliphatic carbocycles. The Morgan fingerprint density at radius 3 is 2.15 bits per heavy atom. The minimum absolute atomic E-state index is 0.0520. The molecule has 5 N–H and O–H groups in total. The number of esters is 3. The van der Waals surface area contributed by atoms with Gasteiger partial charge >= 0.3 is 17.9 Å². The largest absolute Gasteiger partial charge is 0.497 e. The van der Waals surface area contributed by atoms with Crippen molar-refractivity contribution in [1.29, 1.82) is 0 Å². The van der Waals surface area contributed by atoms with Crippen molar-refractivity contribution in [3.8, 4) is 5.75 Å². The molecule has 2 saturated carbocycles. The summed E-state index contributed by atoms with van der Waals surface area (Å²) in [5.41, 5.74) is -2.61. The van der Waals surface area contributed by atoms with Gasteiger partial charge in [0.1, 0.15) is 35.8 Å². The maximum atomic E-state index is 13.4. The molecule has 16 nitrogen and oxygen atoms in total. The monoisotopic (exact) mass is 754 g/mol. The number of methoxy groups -OCH3 is 1. The van der Waals surface area contributed by atoms with E-state index in [0.717, 1.165) is 6.92 Å². The van der Waals surface area contributed by atoms with E-state index in [1.54, 1.807) is 6.92 Å². The Balaban J connectivity index is 1.41. The third-order valence-corrected chi connectivity index (χ3v) is 11.2. The van der Waals surface area contributed by atoms with Crippen LogP contribution < -0.4 is 4.74 Å². The third kappa shape index (κ3) is 8.50. The summed E-state index contributed by atoms with van der Waals surface area (Å²) in [6.07, 6.45) is -12.5. The third-order valence-electron chi connectivity index (χ3n) is 11.2. The first-order valence-corrected chi connectivity index (χ1v) is 18.2. The molecule has 14 atom stereocenters. The second-order valence-corrected chi connectivity index (χ2v) is 15.3. The topological polar surface area (TPSA) is 226 Å². The zero-order valence-electron chi connectivity index (χ0n) is 31.0. The Hall–Kier alpha value is -2.93. The van der Waals surface area contributed by atoms with Crippen molar-refractivity contribution >= 4 is 17.9 Å². The van der Waals surface area contributed by atoms with Crippen LogP contribution in [-0.2, 0) is 42.7 Å². The summed E-state index contributed by atoms with van der Waals surface area (Å²) in [6, 6.07) is 5.95. The van der Waals surface area contributed by atoms with Crippen molar-refractivity contribution in [2.24, 2.45) is 23.2 Å². The Morgan fingerprint density at radius 2 is 1.53 bits per heavy atom. The smallest absolute Gasteiger partial charge is 0.338 e. The fraction of sp³-hybridized carbons (Fsp3) is 0.757. The molecule has 0 radical (unpaired) electrons. The summed E-state index contributed by atoms with van der Waals surface area (Å²) in [4.78, 5) is 39.0. The number of aliphatic hydroxyl groups is 5. The molecule has 2 aliphatic heterocycles. The first-order chi connectivity index (χ1) is 25.0. The van der Waals surface area contributed by atoms with Gasteiger partial charge in [0.25, 0.3) is 0 Å². The van der Waals surface area contributed by atoms with Crippen LogP contribution >= 0.6 is 0 Å². The van der Waals surface area contributed by atoms with Crippen LogP contribution in [0.3, 0.4) is 0 Å². The second kappa shape index (κ2) is 16.8. The molecule has 0 spiro atoms. The fourth-order valence-electron chi connectivity index (χ4n) is 8.15. The van der Waals surface area contributed by atoms with Crippen molar-refractivity contribution in [3.63, 3.8) is 0 Å². The number of rotatable bonds is 12. The van der Waals surface area contributed by atoms with E-state index in [4.69, 9.17) is 37.9 Å². The average molecular weight is 755 g/mol. The van der Waals surface area contributed by atoms with E-state index in [0.29, 0.717) is 25.0 Å². The van der Waals surface area contributed by atoms with Crippen LogP contribution in [0.4, 0.5) is 0 Å². The van der Waals surface area contributed by atoms with Crippen LogP contribution in [0.15, 0.2) is 24.3 Å². The van der Waals surface area contributed by atoms with E-state index in [2.05, 4.69) is 0 Å². The summed E-state index contributed by atoms with van der Waals surface area (Å²) >= 11 is 0. The van der Waals surface area contributed by atoms with Gasteiger partial charge < -0.3 is 63.4 Å². The average Bonchev–Trinajstić information content (AvgIpc) is 3.34. The molecule has 1 aromatic carbocycles. The van der Waals surface area contributed by atoms with Crippen molar-refractivity contribution in [3.05, 3.63) is 29.8 Å². The molecule has 4 fully saturated rings. The highest BCUT2D eigenvalue weighted by Crippen LogP contribution is 2.61. The predicted octanol–water partition coefficient (Wildman–Crippen LogP) is 0.855. The lowest BCUT2D eigenvalue weighted by molar-refractivity contribution is -0.345. The van der Waals surface area contributed by atoms with Gasteiger partial charge in [-0.3, -0.25) is 9.59 Å². The molecule has 0 unspecified atom stereocenters. The summed E-state index contributed by atoms with van der Waals surface area (Å²) in [7, 11) is 1.47. The molecule has 2 saturated heterocycles. The molecule has 0 aromatic heterocycles. The molecule has 16 heteroatoms. The van der Waals surface area contributed by atoms with Gasteiger partial charge in [0.2, 0.25) is 0 Å². The number of aliphatic hydroxyl groups excluding tert-OH is 4. The molecule has 5 rings (SSSR count). The molecule has 0 amide bonds. The number of benzene rings is 1. The van der Waals surface area contributed by atoms with Crippen LogP contribution in [-0.4, -0.2) is 137 Å². The maximum absolute atomic E-state index is 13.4. The zero-order chi connectivity index (χ0) is 38.8. The maximum Gasteiger partial charge on any atom is 0.338 e. The fourth-order valence-corrected chi connectivity index (χ4v) is 8.15. The lowest BCUT2D eigenvalue weighted by Crippen LogP contribution is -2.64. The number of carbonyl (C=O) groups excluding carboxylic acids is 3. The van der Waals surface area contributed by atoms with Crippen molar-refractivity contribution in [2.45, 2.75) is 127 Å². The number of hydrogen-bond acceptors (Lipinski definition) is 16. The van der Waals surface area contributed by atoms with Gasteiger partial charge in [0, 0.05) is 12.3 Å². The summed E-state index contributed by atoms with van der Waals surface area (Å²) in [5, 5.41) is 55.7. The van der Waals surface area contributed by atoms with Gasteiger partial charge in [-0.2, -0.15) is 0 Å². The Kier molecular flexibility index (Phi) is 13.1. The molecule has 1 aromatic rings. The molecule has 53 heavy (non-hydrogen) atoms. The van der Waals surface area contributed by atoms with Gasteiger partial charge in [-0.05, 0) is 68.7 Å². The van der Waals surface area contributed by atoms with E-state index in [9.17, 15) is 39.9 Å². The molecule has 4 aliphatic rings. The molecule has 2 heterocycles. The lowest BCUT2D eigenvalue weighted by atomic mass is 9.59. The highest BCUT2D eigenvalue weighted by molar-refractivity contribution is 5.89. The van der Waals surface area contributed by atoms with E-state index < -0.39 is 109 Å². The minimum atomic E-state index is -1.82. The Bertz CT molecular complexity index is 1420. The van der Waals surface area contributed by atoms with Crippen molar-refractivity contribution < 1.29 is 77.8 Å². The van der Waals surface area contributed by atoms with Gasteiger partial charge in [0.15, 0.2) is 24.8 Å². The normalized spacial score (nSPS) is 39.1. The molecule has 298 valence electrons. The number of hydrogen-bond donors (Lipinski definition) is 5. The first-order valence-electron chi connectivity index (χ1n) is 18.2. The van der Waals surface area contributed by atoms with Gasteiger partial charge in [-0.15, -0.1) is 0 Å². The van der Waals surface area contributed by atoms with Gasteiger partial charge in [0.05, 0.1) is 50.6 Å². The van der Waals surface area contributed by atoms with E-state index in [-0.39, 0.29) is 30.4 Å². The summed E-state index contributed by atoms with van der Waals surface area (Å²) in [5.74, 6) is -3.09. The van der Waals surface area contributed by atoms with Crippen LogP contribution in [0, 0.1) is 23.2 Å². The van der Waals surface area contributed by atoms with E-state index in [1.165, 1.54) is 31.4 Å². The quantitative estimate of drug-likeness (QED) is 0.147. The lowest BCUT2D eigenvalue weighted by Gasteiger charge is -2.50. The first kappa shape index (κ1) is 41.2. The number of fused-ring (bicyclic) bond motifs is 1. The Morgan fingerprint density at radius 1 is 0.887 bits per heavy atom. The number of carbonyl (C=O) groups is 3. The van der Waals surface area contributed by atoms with E-state index in [1.807, 2.05) is 20.8 Å². The predicted molar refractivity (Wildman–Crippen MR) is 181 cm³/mol. The zero-order valence-corrected chi connectivity index (χ0v) is 31.0. The Labute approximate surface area is 308 Å². The highest BCUT2D eigenvalue weighted by Gasteiger charge is 2.68. The summed E-state index contributed by atoms with van der Waals surface area (Å²) < 4.78 is 46.0. The summed E-state index contributed by atoms with van der Waals surface area (Å²) in [6.45, 7) is 7.67. The van der Waals surface area contributed by atoms with Gasteiger partial charge in [-0.25, -0.2) is 4.79 Å².